The van der Waals surface area contributed by atoms with Crippen molar-refractivity contribution in [3.05, 3.63) is 53.6 Å². The zero-order valence-electron chi connectivity index (χ0n) is 16.4. The third kappa shape index (κ3) is 4.35. The molecule has 1 atom stereocenters. The first-order valence-corrected chi connectivity index (χ1v) is 9.42. The van der Waals surface area contributed by atoms with Crippen LogP contribution in [0.3, 0.4) is 0 Å². The Morgan fingerprint density at radius 3 is 2.56 bits per heavy atom. The number of hydrogen-bond donors (Lipinski definition) is 1. The van der Waals surface area contributed by atoms with Gasteiger partial charge >= 0.3 is 0 Å². The highest BCUT2D eigenvalue weighted by atomic mass is 16.5. The maximum Gasteiger partial charge on any atom is 0.251 e. The molecule has 5 nitrogen and oxygen atoms in total. The maximum absolute atomic E-state index is 12.9. The van der Waals surface area contributed by atoms with Gasteiger partial charge in [-0.2, -0.15) is 0 Å². The number of fused-ring (bicyclic) bond motifs is 1. The summed E-state index contributed by atoms with van der Waals surface area (Å²) in [4.78, 5) is 12.9. The van der Waals surface area contributed by atoms with Gasteiger partial charge in [-0.15, -0.1) is 0 Å². The van der Waals surface area contributed by atoms with Crippen molar-refractivity contribution in [3.63, 3.8) is 0 Å². The molecule has 0 unspecified atom stereocenters. The Morgan fingerprint density at radius 2 is 1.81 bits per heavy atom. The molecule has 1 amide bonds. The van der Waals surface area contributed by atoms with Crippen molar-refractivity contribution in [2.24, 2.45) is 0 Å². The molecule has 1 aliphatic heterocycles. The second-order valence-electron chi connectivity index (χ2n) is 7.16. The Bertz CT molecular complexity index is 816. The van der Waals surface area contributed by atoms with Gasteiger partial charge in [-0.05, 0) is 52.0 Å². The quantitative estimate of drug-likeness (QED) is 0.814. The molecular weight excluding hydrogens is 342 g/mol. The molecule has 5 heteroatoms. The molecule has 0 spiro atoms. The summed E-state index contributed by atoms with van der Waals surface area (Å²) in [6.45, 7) is 8.94. The largest absolute Gasteiger partial charge is 0.490 e. The molecule has 0 fully saturated rings. The number of carbonyl (C=O) groups excluding carboxylic acids is 1. The molecule has 0 radical (unpaired) electrons. The van der Waals surface area contributed by atoms with E-state index in [1.54, 1.807) is 18.2 Å². The van der Waals surface area contributed by atoms with Crippen LogP contribution in [0.4, 0.5) is 0 Å². The van der Waals surface area contributed by atoms with Gasteiger partial charge in [-0.1, -0.05) is 18.2 Å². The van der Waals surface area contributed by atoms with Crippen molar-refractivity contribution >= 4 is 5.91 Å². The Morgan fingerprint density at radius 1 is 1.11 bits per heavy atom. The van der Waals surface area contributed by atoms with E-state index in [1.165, 1.54) is 0 Å². The lowest BCUT2D eigenvalue weighted by Gasteiger charge is -2.37. The van der Waals surface area contributed by atoms with Gasteiger partial charge in [-0.3, -0.25) is 4.79 Å². The maximum atomic E-state index is 12.9. The predicted octanol–water partition coefficient (Wildman–Crippen LogP) is 4.52. The summed E-state index contributed by atoms with van der Waals surface area (Å²) < 4.78 is 17.3. The topological polar surface area (TPSA) is 56.8 Å². The summed E-state index contributed by atoms with van der Waals surface area (Å²) >= 11 is 0. The smallest absolute Gasteiger partial charge is 0.251 e. The van der Waals surface area contributed by atoms with E-state index in [1.807, 2.05) is 52.0 Å². The van der Waals surface area contributed by atoms with Crippen LogP contribution in [-0.4, -0.2) is 24.7 Å². The average Bonchev–Trinajstić information content (AvgIpc) is 2.62. The summed E-state index contributed by atoms with van der Waals surface area (Å²) in [5, 5.41) is 3.15. The van der Waals surface area contributed by atoms with Crippen LogP contribution in [0.2, 0.25) is 0 Å². The Labute approximate surface area is 160 Å². The molecule has 2 aromatic rings. The number of para-hydroxylation sites is 1. The predicted molar refractivity (Wildman–Crippen MR) is 105 cm³/mol. The Hall–Kier alpha value is -2.69. The second kappa shape index (κ2) is 7.91. The van der Waals surface area contributed by atoms with Crippen LogP contribution in [0.5, 0.6) is 17.2 Å². The highest BCUT2D eigenvalue weighted by molar-refractivity contribution is 5.95. The summed E-state index contributed by atoms with van der Waals surface area (Å²) in [5.41, 5.74) is 1.20. The first-order chi connectivity index (χ1) is 12.9. The molecule has 1 heterocycles. The van der Waals surface area contributed by atoms with Gasteiger partial charge in [0.2, 0.25) is 0 Å². The minimum absolute atomic E-state index is 0.112. The van der Waals surface area contributed by atoms with E-state index in [-0.39, 0.29) is 17.6 Å². The SMILES string of the molecule is CCOc1ccc(C(=O)N[C@H]2CC(C)(C)Oc3ccccc32)cc1OCC. The van der Waals surface area contributed by atoms with E-state index in [0.29, 0.717) is 36.7 Å². The van der Waals surface area contributed by atoms with Crippen LogP contribution < -0.4 is 19.5 Å². The fourth-order valence-electron chi connectivity index (χ4n) is 3.36. The highest BCUT2D eigenvalue weighted by Crippen LogP contribution is 2.39. The summed E-state index contributed by atoms with van der Waals surface area (Å²) in [6.07, 6.45) is 0.700. The summed E-state index contributed by atoms with van der Waals surface area (Å²) in [5.74, 6) is 1.91. The van der Waals surface area contributed by atoms with Gasteiger partial charge in [0.15, 0.2) is 11.5 Å². The Kier molecular flexibility index (Phi) is 5.59. The molecule has 0 saturated heterocycles. The lowest BCUT2D eigenvalue weighted by Crippen LogP contribution is -2.41. The monoisotopic (exact) mass is 369 g/mol. The van der Waals surface area contributed by atoms with Gasteiger partial charge in [0.1, 0.15) is 11.4 Å². The van der Waals surface area contributed by atoms with Gasteiger partial charge in [0.25, 0.3) is 5.91 Å². The van der Waals surface area contributed by atoms with Crippen molar-refractivity contribution in [2.75, 3.05) is 13.2 Å². The van der Waals surface area contributed by atoms with E-state index < -0.39 is 0 Å². The number of hydrogen-bond acceptors (Lipinski definition) is 4. The molecule has 27 heavy (non-hydrogen) atoms. The third-order valence-corrected chi connectivity index (χ3v) is 4.49. The van der Waals surface area contributed by atoms with Gasteiger partial charge < -0.3 is 19.5 Å². The highest BCUT2D eigenvalue weighted by Gasteiger charge is 2.34. The van der Waals surface area contributed by atoms with Gasteiger partial charge in [0.05, 0.1) is 19.3 Å². The van der Waals surface area contributed by atoms with E-state index >= 15 is 0 Å². The number of benzene rings is 2. The third-order valence-electron chi connectivity index (χ3n) is 4.49. The number of carbonyl (C=O) groups is 1. The first kappa shape index (κ1) is 19.1. The van der Waals surface area contributed by atoms with E-state index in [0.717, 1.165) is 11.3 Å². The van der Waals surface area contributed by atoms with Crippen molar-refractivity contribution in [1.29, 1.82) is 0 Å². The van der Waals surface area contributed by atoms with Crippen molar-refractivity contribution in [2.45, 2.75) is 45.8 Å². The fourth-order valence-corrected chi connectivity index (χ4v) is 3.36. The van der Waals surface area contributed by atoms with Crippen molar-refractivity contribution in [3.8, 4) is 17.2 Å². The average molecular weight is 369 g/mol. The Balaban J connectivity index is 1.84. The summed E-state index contributed by atoms with van der Waals surface area (Å²) in [6, 6.07) is 13.0. The van der Waals surface area contributed by atoms with Crippen molar-refractivity contribution in [1.82, 2.24) is 5.32 Å². The zero-order valence-corrected chi connectivity index (χ0v) is 16.4. The minimum atomic E-state index is -0.346. The first-order valence-electron chi connectivity index (χ1n) is 9.42. The van der Waals surface area contributed by atoms with Crippen LogP contribution in [0.25, 0.3) is 0 Å². The normalized spacial score (nSPS) is 17.4. The summed E-state index contributed by atoms with van der Waals surface area (Å²) in [7, 11) is 0. The molecule has 1 aliphatic rings. The van der Waals surface area contributed by atoms with E-state index in [9.17, 15) is 4.79 Å². The lowest BCUT2D eigenvalue weighted by molar-refractivity contribution is 0.0619. The number of rotatable bonds is 6. The van der Waals surface area contributed by atoms with Gasteiger partial charge in [0, 0.05) is 17.5 Å². The van der Waals surface area contributed by atoms with Crippen LogP contribution in [-0.2, 0) is 0 Å². The number of ether oxygens (including phenoxy) is 3. The molecule has 0 saturated carbocycles. The van der Waals surface area contributed by atoms with Gasteiger partial charge in [-0.25, -0.2) is 0 Å². The molecule has 144 valence electrons. The fraction of sp³-hybridized carbons (Fsp3) is 0.409. The van der Waals surface area contributed by atoms with E-state index in [4.69, 9.17) is 14.2 Å². The molecular formula is C22H27NO4. The standard InChI is InChI=1S/C22H27NO4/c1-5-25-19-12-11-15(13-20(19)26-6-2)21(24)23-17-14-22(3,4)27-18-10-8-7-9-16(17)18/h7-13,17H,5-6,14H2,1-4H3,(H,23,24)/t17-/m0/s1. The van der Waals surface area contributed by atoms with Crippen LogP contribution in [0.15, 0.2) is 42.5 Å². The molecule has 2 aromatic carbocycles. The number of nitrogens with one attached hydrogen (secondary N) is 1. The van der Waals surface area contributed by atoms with E-state index in [2.05, 4.69) is 5.32 Å². The lowest BCUT2D eigenvalue weighted by atomic mass is 9.89. The number of amides is 1. The zero-order chi connectivity index (χ0) is 19.4. The molecule has 0 aliphatic carbocycles. The minimum Gasteiger partial charge on any atom is -0.490 e. The second-order valence-corrected chi connectivity index (χ2v) is 7.16. The molecule has 1 N–H and O–H groups in total. The van der Waals surface area contributed by atoms with Crippen LogP contribution in [0.1, 0.15) is 56.1 Å². The van der Waals surface area contributed by atoms with Crippen LogP contribution in [0, 0.1) is 0 Å². The van der Waals surface area contributed by atoms with Crippen LogP contribution >= 0.6 is 0 Å². The molecule has 0 bridgehead atoms. The molecule has 3 rings (SSSR count). The van der Waals surface area contributed by atoms with Crippen molar-refractivity contribution < 1.29 is 19.0 Å². The molecule has 0 aromatic heterocycles.